The van der Waals surface area contributed by atoms with E-state index in [2.05, 4.69) is 29.6 Å². The number of thiophene rings is 1. The average Bonchev–Trinajstić information content (AvgIpc) is 3.10. The van der Waals surface area contributed by atoms with Crippen LogP contribution >= 0.6 is 11.3 Å². The van der Waals surface area contributed by atoms with Crippen LogP contribution < -0.4 is 11.3 Å². The van der Waals surface area contributed by atoms with Crippen LogP contribution in [0.25, 0.3) is 0 Å². The number of aromatic nitrogens is 2. The van der Waals surface area contributed by atoms with Crippen LogP contribution in [0.2, 0.25) is 0 Å². The lowest BCUT2D eigenvalue weighted by molar-refractivity contribution is 0.537. The SMILES string of the molecule is CCc1cc(CC(NN)c2cc3c(s2)CCC3)n(C)n1. The van der Waals surface area contributed by atoms with E-state index in [9.17, 15) is 0 Å². The van der Waals surface area contributed by atoms with Gasteiger partial charge in [-0.2, -0.15) is 5.10 Å². The maximum Gasteiger partial charge on any atom is 0.0624 e. The third-order valence-corrected chi connectivity index (χ3v) is 5.46. The first-order chi connectivity index (χ1) is 9.71. The van der Waals surface area contributed by atoms with Gasteiger partial charge in [-0.3, -0.25) is 16.0 Å². The molecule has 4 nitrogen and oxygen atoms in total. The van der Waals surface area contributed by atoms with Crippen molar-refractivity contribution in [2.45, 2.75) is 45.1 Å². The Kier molecular flexibility index (Phi) is 3.92. The average molecular weight is 290 g/mol. The Morgan fingerprint density at radius 3 is 2.95 bits per heavy atom. The molecule has 0 spiro atoms. The molecule has 0 fully saturated rings. The highest BCUT2D eigenvalue weighted by atomic mass is 32.1. The van der Waals surface area contributed by atoms with E-state index in [0.717, 1.165) is 18.5 Å². The van der Waals surface area contributed by atoms with Crippen LogP contribution in [0.5, 0.6) is 0 Å². The van der Waals surface area contributed by atoms with E-state index in [1.165, 1.54) is 35.4 Å². The second-order valence-corrected chi connectivity index (χ2v) is 6.65. The number of nitrogens with zero attached hydrogens (tertiary/aromatic N) is 2. The summed E-state index contributed by atoms with van der Waals surface area (Å²) in [5, 5.41) is 4.51. The van der Waals surface area contributed by atoms with E-state index in [1.54, 1.807) is 4.88 Å². The number of aryl methyl sites for hydroxylation is 4. The molecular weight excluding hydrogens is 268 g/mol. The van der Waals surface area contributed by atoms with Crippen molar-refractivity contribution < 1.29 is 0 Å². The Morgan fingerprint density at radius 1 is 1.45 bits per heavy atom. The lowest BCUT2D eigenvalue weighted by Gasteiger charge is -2.14. The van der Waals surface area contributed by atoms with Crippen molar-refractivity contribution in [1.82, 2.24) is 15.2 Å². The summed E-state index contributed by atoms with van der Waals surface area (Å²) >= 11 is 1.92. The van der Waals surface area contributed by atoms with Gasteiger partial charge in [0, 0.05) is 28.9 Å². The van der Waals surface area contributed by atoms with Crippen molar-refractivity contribution >= 4 is 11.3 Å². The van der Waals surface area contributed by atoms with Crippen LogP contribution in [0.4, 0.5) is 0 Å². The molecule has 2 heterocycles. The lowest BCUT2D eigenvalue weighted by Crippen LogP contribution is -2.29. The predicted molar refractivity (Wildman–Crippen MR) is 82.7 cm³/mol. The maximum atomic E-state index is 5.79. The number of nitrogens with one attached hydrogen (secondary N) is 1. The largest absolute Gasteiger partial charge is 0.272 e. The van der Waals surface area contributed by atoms with Crippen molar-refractivity contribution in [2.75, 3.05) is 0 Å². The standard InChI is InChI=1S/C15H22N4S/c1-3-11-8-12(19(2)18-11)9-13(17-16)15-7-10-5-4-6-14(10)20-15/h7-8,13,17H,3-6,9,16H2,1-2H3. The minimum Gasteiger partial charge on any atom is -0.272 e. The topological polar surface area (TPSA) is 55.9 Å². The molecule has 0 saturated heterocycles. The Morgan fingerprint density at radius 2 is 2.30 bits per heavy atom. The van der Waals surface area contributed by atoms with Gasteiger partial charge >= 0.3 is 0 Å². The zero-order chi connectivity index (χ0) is 14.1. The second-order valence-electron chi connectivity index (χ2n) is 5.48. The van der Waals surface area contributed by atoms with Gasteiger partial charge in [-0.15, -0.1) is 11.3 Å². The molecule has 1 aliphatic carbocycles. The minimum absolute atomic E-state index is 0.186. The number of rotatable bonds is 5. The van der Waals surface area contributed by atoms with Gasteiger partial charge in [0.25, 0.3) is 0 Å². The molecule has 0 amide bonds. The van der Waals surface area contributed by atoms with Crippen LogP contribution in [-0.4, -0.2) is 9.78 Å². The van der Waals surface area contributed by atoms with Gasteiger partial charge in [-0.05, 0) is 43.4 Å². The molecule has 2 aromatic heterocycles. The maximum absolute atomic E-state index is 5.79. The first kappa shape index (κ1) is 13.8. The molecule has 20 heavy (non-hydrogen) atoms. The highest BCUT2D eigenvalue weighted by molar-refractivity contribution is 7.12. The van der Waals surface area contributed by atoms with Crippen molar-refractivity contribution in [3.05, 3.63) is 38.8 Å². The summed E-state index contributed by atoms with van der Waals surface area (Å²) in [6.45, 7) is 2.13. The van der Waals surface area contributed by atoms with E-state index in [1.807, 2.05) is 23.1 Å². The van der Waals surface area contributed by atoms with E-state index in [-0.39, 0.29) is 6.04 Å². The monoisotopic (exact) mass is 290 g/mol. The van der Waals surface area contributed by atoms with Gasteiger partial charge in [0.1, 0.15) is 0 Å². The van der Waals surface area contributed by atoms with Crippen LogP contribution in [-0.2, 0) is 32.7 Å². The highest BCUT2D eigenvalue weighted by Gasteiger charge is 2.21. The molecule has 1 aliphatic rings. The summed E-state index contributed by atoms with van der Waals surface area (Å²) < 4.78 is 1.98. The van der Waals surface area contributed by atoms with E-state index < -0.39 is 0 Å². The fraction of sp³-hybridized carbons (Fsp3) is 0.533. The van der Waals surface area contributed by atoms with Crippen LogP contribution in [0, 0.1) is 0 Å². The molecule has 5 heteroatoms. The zero-order valence-corrected chi connectivity index (χ0v) is 13.0. The molecule has 1 atom stereocenters. The fourth-order valence-electron chi connectivity index (χ4n) is 2.91. The summed E-state index contributed by atoms with van der Waals surface area (Å²) in [5.74, 6) is 5.79. The van der Waals surface area contributed by atoms with E-state index >= 15 is 0 Å². The number of nitrogens with two attached hydrogens (primary N) is 1. The van der Waals surface area contributed by atoms with E-state index in [4.69, 9.17) is 5.84 Å². The number of fused-ring (bicyclic) bond motifs is 1. The number of hydrazine groups is 1. The van der Waals surface area contributed by atoms with Gasteiger partial charge in [0.2, 0.25) is 0 Å². The highest BCUT2D eigenvalue weighted by Crippen LogP contribution is 2.34. The van der Waals surface area contributed by atoms with Crippen molar-refractivity contribution in [2.24, 2.45) is 12.9 Å². The van der Waals surface area contributed by atoms with Gasteiger partial charge in [-0.1, -0.05) is 6.92 Å². The van der Waals surface area contributed by atoms with Crippen LogP contribution in [0.1, 0.15) is 46.1 Å². The molecular formula is C15H22N4S. The molecule has 0 aromatic carbocycles. The van der Waals surface area contributed by atoms with Gasteiger partial charge < -0.3 is 0 Å². The third-order valence-electron chi connectivity index (χ3n) is 4.11. The second kappa shape index (κ2) is 5.68. The Balaban J connectivity index is 1.80. The van der Waals surface area contributed by atoms with Gasteiger partial charge in [-0.25, -0.2) is 0 Å². The summed E-state index contributed by atoms with van der Waals surface area (Å²) in [7, 11) is 2.01. The van der Waals surface area contributed by atoms with Crippen molar-refractivity contribution in [3.63, 3.8) is 0 Å². The minimum atomic E-state index is 0.186. The molecule has 1 unspecified atom stereocenters. The fourth-order valence-corrected chi connectivity index (χ4v) is 4.23. The Bertz CT molecular complexity index is 578. The van der Waals surface area contributed by atoms with Crippen LogP contribution in [0.3, 0.4) is 0 Å². The summed E-state index contributed by atoms with van der Waals surface area (Å²) in [4.78, 5) is 2.91. The first-order valence-electron chi connectivity index (χ1n) is 7.30. The lowest BCUT2D eigenvalue weighted by atomic mass is 10.1. The Labute approximate surface area is 124 Å². The Hall–Kier alpha value is -1.17. The molecule has 3 rings (SSSR count). The molecule has 2 aromatic rings. The van der Waals surface area contributed by atoms with Crippen molar-refractivity contribution in [1.29, 1.82) is 0 Å². The van der Waals surface area contributed by atoms with Crippen LogP contribution in [0.15, 0.2) is 12.1 Å². The first-order valence-corrected chi connectivity index (χ1v) is 8.12. The molecule has 0 saturated carbocycles. The van der Waals surface area contributed by atoms with Gasteiger partial charge in [0.05, 0.1) is 11.7 Å². The third kappa shape index (κ3) is 2.53. The van der Waals surface area contributed by atoms with E-state index in [0.29, 0.717) is 0 Å². The summed E-state index contributed by atoms with van der Waals surface area (Å²) in [5.41, 5.74) is 6.89. The predicted octanol–water partition coefficient (Wildman–Crippen LogP) is 2.28. The summed E-state index contributed by atoms with van der Waals surface area (Å²) in [6.07, 6.45) is 5.64. The number of hydrogen-bond donors (Lipinski definition) is 2. The molecule has 0 radical (unpaired) electrons. The zero-order valence-electron chi connectivity index (χ0n) is 12.1. The molecule has 108 valence electrons. The normalized spacial score (nSPS) is 15.6. The van der Waals surface area contributed by atoms with Crippen molar-refractivity contribution in [3.8, 4) is 0 Å². The molecule has 0 bridgehead atoms. The van der Waals surface area contributed by atoms with Gasteiger partial charge in [0.15, 0.2) is 0 Å². The molecule has 3 N–H and O–H groups in total. The molecule has 0 aliphatic heterocycles. The smallest absolute Gasteiger partial charge is 0.0624 e. The number of hydrogen-bond acceptors (Lipinski definition) is 4. The quantitative estimate of drug-likeness (QED) is 0.656. The summed E-state index contributed by atoms with van der Waals surface area (Å²) in [6, 6.07) is 4.71.